The zero-order valence-corrected chi connectivity index (χ0v) is 12.9. The number of carbonyl (C=O) groups excluding carboxylic acids is 1. The van der Waals surface area contributed by atoms with E-state index in [4.69, 9.17) is 4.74 Å². The van der Waals surface area contributed by atoms with Gasteiger partial charge in [0.2, 0.25) is 0 Å². The van der Waals surface area contributed by atoms with Gasteiger partial charge in [-0.05, 0) is 24.3 Å². The van der Waals surface area contributed by atoms with E-state index in [9.17, 15) is 4.79 Å². The van der Waals surface area contributed by atoms with E-state index < -0.39 is 0 Å². The highest BCUT2D eigenvalue weighted by molar-refractivity contribution is 7.99. The van der Waals surface area contributed by atoms with Crippen molar-refractivity contribution in [2.75, 3.05) is 7.11 Å². The zero-order chi connectivity index (χ0) is 14.1. The zero-order valence-electron chi connectivity index (χ0n) is 11.3. The van der Waals surface area contributed by atoms with Crippen LogP contribution in [0.3, 0.4) is 0 Å². The maximum absolute atomic E-state index is 11.4. The molecule has 1 aliphatic carbocycles. The quantitative estimate of drug-likeness (QED) is 0.813. The second-order valence-corrected chi connectivity index (χ2v) is 6.99. The Balaban J connectivity index is 1.64. The van der Waals surface area contributed by atoms with E-state index in [-0.39, 0.29) is 11.9 Å². The van der Waals surface area contributed by atoms with Gasteiger partial charge < -0.3 is 9.30 Å². The third kappa shape index (κ3) is 2.47. The van der Waals surface area contributed by atoms with Gasteiger partial charge >= 0.3 is 5.97 Å². The molecule has 0 N–H and O–H groups in total. The maximum atomic E-state index is 11.4. The Morgan fingerprint density at radius 2 is 2.30 bits per heavy atom. The summed E-state index contributed by atoms with van der Waals surface area (Å²) in [6.45, 7) is 0. The van der Waals surface area contributed by atoms with Crippen LogP contribution in [0.4, 0.5) is 0 Å². The van der Waals surface area contributed by atoms with Crippen LogP contribution in [0.2, 0.25) is 0 Å². The van der Waals surface area contributed by atoms with E-state index in [2.05, 4.69) is 10.2 Å². The van der Waals surface area contributed by atoms with Crippen LogP contribution in [0.25, 0.3) is 10.7 Å². The lowest BCUT2D eigenvalue weighted by atomic mass is 9.85. The van der Waals surface area contributed by atoms with E-state index in [0.29, 0.717) is 5.25 Å². The number of thiophene rings is 1. The second kappa shape index (κ2) is 5.57. The molecule has 5 nitrogen and oxygen atoms in total. The molecule has 7 heteroatoms. The van der Waals surface area contributed by atoms with Gasteiger partial charge in [0, 0.05) is 12.3 Å². The van der Waals surface area contributed by atoms with Gasteiger partial charge in [0.1, 0.15) is 0 Å². The number of aromatic nitrogens is 3. The third-order valence-corrected chi connectivity index (χ3v) is 5.63. The van der Waals surface area contributed by atoms with Crippen LogP contribution in [0.5, 0.6) is 0 Å². The van der Waals surface area contributed by atoms with E-state index in [1.54, 1.807) is 23.1 Å². The first-order valence-electron chi connectivity index (χ1n) is 6.36. The van der Waals surface area contributed by atoms with Crippen LogP contribution < -0.4 is 0 Å². The molecule has 1 fully saturated rings. The smallest absolute Gasteiger partial charge is 0.308 e. The maximum Gasteiger partial charge on any atom is 0.308 e. The summed E-state index contributed by atoms with van der Waals surface area (Å²) in [5.41, 5.74) is 0. The molecule has 0 aromatic carbocycles. The lowest BCUT2D eigenvalue weighted by Gasteiger charge is -2.31. The molecule has 2 aromatic rings. The summed E-state index contributed by atoms with van der Waals surface area (Å²) >= 11 is 3.35. The molecule has 0 unspecified atom stereocenters. The minimum Gasteiger partial charge on any atom is -0.469 e. The summed E-state index contributed by atoms with van der Waals surface area (Å²) in [7, 11) is 3.42. The van der Waals surface area contributed by atoms with Gasteiger partial charge in [-0.3, -0.25) is 4.79 Å². The molecule has 2 aromatic heterocycles. The van der Waals surface area contributed by atoms with Crippen molar-refractivity contribution >= 4 is 29.1 Å². The molecule has 20 heavy (non-hydrogen) atoms. The van der Waals surface area contributed by atoms with Crippen LogP contribution in [0, 0.1) is 5.92 Å². The Labute approximate surface area is 125 Å². The van der Waals surface area contributed by atoms with Crippen molar-refractivity contribution in [3.8, 4) is 10.7 Å². The average Bonchev–Trinajstić information content (AvgIpc) is 3.02. The van der Waals surface area contributed by atoms with Crippen molar-refractivity contribution in [1.29, 1.82) is 0 Å². The summed E-state index contributed by atoms with van der Waals surface area (Å²) in [4.78, 5) is 12.5. The summed E-state index contributed by atoms with van der Waals surface area (Å²) < 4.78 is 6.77. The summed E-state index contributed by atoms with van der Waals surface area (Å²) in [6.07, 6.45) is 1.72. The molecule has 3 rings (SSSR count). The number of hydrogen-bond acceptors (Lipinski definition) is 6. The SMILES string of the molecule is COC(=O)C1CC(Sc2nnc(-c3cccs3)n2C)C1. The van der Waals surface area contributed by atoms with Crippen molar-refractivity contribution in [2.24, 2.45) is 13.0 Å². The van der Waals surface area contributed by atoms with E-state index in [0.717, 1.165) is 28.7 Å². The number of rotatable bonds is 4. The number of esters is 1. The Morgan fingerprint density at radius 1 is 1.50 bits per heavy atom. The summed E-state index contributed by atoms with van der Waals surface area (Å²) in [5.74, 6) is 0.855. The molecule has 0 saturated heterocycles. The van der Waals surface area contributed by atoms with Crippen LogP contribution in [-0.2, 0) is 16.6 Å². The molecule has 0 amide bonds. The van der Waals surface area contributed by atoms with Crippen LogP contribution in [-0.4, -0.2) is 33.1 Å². The predicted molar refractivity (Wildman–Crippen MR) is 78.7 cm³/mol. The fourth-order valence-corrected chi connectivity index (χ4v) is 4.24. The highest BCUT2D eigenvalue weighted by Gasteiger charge is 2.36. The Morgan fingerprint density at radius 3 is 2.95 bits per heavy atom. The molecule has 0 atom stereocenters. The van der Waals surface area contributed by atoms with Gasteiger partial charge in [0.15, 0.2) is 11.0 Å². The number of hydrogen-bond donors (Lipinski definition) is 0. The van der Waals surface area contributed by atoms with Crippen molar-refractivity contribution in [3.05, 3.63) is 17.5 Å². The van der Waals surface area contributed by atoms with Crippen LogP contribution >= 0.6 is 23.1 Å². The first-order valence-corrected chi connectivity index (χ1v) is 8.12. The largest absolute Gasteiger partial charge is 0.469 e. The number of thioether (sulfide) groups is 1. The molecule has 0 bridgehead atoms. The van der Waals surface area contributed by atoms with Crippen LogP contribution in [0.15, 0.2) is 22.7 Å². The minimum absolute atomic E-state index is 0.0579. The third-order valence-electron chi connectivity index (χ3n) is 3.48. The van der Waals surface area contributed by atoms with Crippen molar-refractivity contribution < 1.29 is 9.53 Å². The van der Waals surface area contributed by atoms with E-state index >= 15 is 0 Å². The summed E-state index contributed by atoms with van der Waals surface area (Å²) in [6, 6.07) is 4.05. The van der Waals surface area contributed by atoms with Gasteiger partial charge in [-0.15, -0.1) is 21.5 Å². The number of nitrogens with zero attached hydrogens (tertiary/aromatic N) is 3. The average molecular weight is 309 g/mol. The Bertz CT molecular complexity index is 603. The van der Waals surface area contributed by atoms with Gasteiger partial charge in [-0.2, -0.15) is 0 Å². The van der Waals surface area contributed by atoms with E-state index in [1.807, 2.05) is 29.1 Å². The predicted octanol–water partition coefficient (Wildman–Crippen LogP) is 2.59. The van der Waals surface area contributed by atoms with Crippen molar-refractivity contribution in [1.82, 2.24) is 14.8 Å². The highest BCUT2D eigenvalue weighted by atomic mass is 32.2. The highest BCUT2D eigenvalue weighted by Crippen LogP contribution is 2.41. The molecule has 106 valence electrons. The molecule has 1 saturated carbocycles. The monoisotopic (exact) mass is 309 g/mol. The topological polar surface area (TPSA) is 57.0 Å². The fourth-order valence-electron chi connectivity index (χ4n) is 2.21. The first kappa shape index (κ1) is 13.6. The molecule has 0 radical (unpaired) electrons. The molecule has 2 heterocycles. The molecule has 0 aliphatic heterocycles. The first-order chi connectivity index (χ1) is 9.69. The number of carbonyl (C=O) groups is 1. The van der Waals surface area contributed by atoms with Gasteiger partial charge in [0.05, 0.1) is 17.9 Å². The van der Waals surface area contributed by atoms with Gasteiger partial charge in [-0.25, -0.2) is 0 Å². The summed E-state index contributed by atoms with van der Waals surface area (Å²) in [5, 5.41) is 11.9. The number of methoxy groups -OCH3 is 1. The van der Waals surface area contributed by atoms with Gasteiger partial charge in [0.25, 0.3) is 0 Å². The van der Waals surface area contributed by atoms with E-state index in [1.165, 1.54) is 7.11 Å². The Kier molecular flexibility index (Phi) is 3.80. The number of ether oxygens (including phenoxy) is 1. The minimum atomic E-state index is -0.0981. The normalized spacial score (nSPS) is 21.5. The molecular formula is C13H15N3O2S2. The van der Waals surface area contributed by atoms with Crippen molar-refractivity contribution in [2.45, 2.75) is 23.2 Å². The standard InChI is InChI=1S/C13H15N3O2S2/c1-16-11(10-4-3-5-19-10)14-15-13(16)20-9-6-8(7-9)12(17)18-2/h3-5,8-9H,6-7H2,1-2H3. The van der Waals surface area contributed by atoms with Crippen LogP contribution in [0.1, 0.15) is 12.8 Å². The van der Waals surface area contributed by atoms with Crippen molar-refractivity contribution in [3.63, 3.8) is 0 Å². The van der Waals surface area contributed by atoms with Gasteiger partial charge in [-0.1, -0.05) is 17.8 Å². The molecular weight excluding hydrogens is 294 g/mol. The molecule has 1 aliphatic rings. The Hall–Kier alpha value is -1.34. The lowest BCUT2D eigenvalue weighted by molar-refractivity contribution is -0.148. The second-order valence-electron chi connectivity index (χ2n) is 4.77. The lowest BCUT2D eigenvalue weighted by Crippen LogP contribution is -2.33. The molecule has 0 spiro atoms. The fraction of sp³-hybridized carbons (Fsp3) is 0.462.